The number of hydrogen-bond acceptors (Lipinski definition) is 4. The van der Waals surface area contributed by atoms with Gasteiger partial charge in [0.25, 0.3) is 0 Å². The van der Waals surface area contributed by atoms with E-state index in [2.05, 4.69) is 9.72 Å². The number of rotatable bonds is 4. The van der Waals surface area contributed by atoms with Crippen LogP contribution in [0.5, 0.6) is 0 Å². The highest BCUT2D eigenvalue weighted by Crippen LogP contribution is 2.39. The van der Waals surface area contributed by atoms with Crippen LogP contribution in [0, 0.1) is 13.8 Å². The lowest BCUT2D eigenvalue weighted by Gasteiger charge is -2.15. The Kier molecular flexibility index (Phi) is 5.71. The first-order valence-corrected chi connectivity index (χ1v) is 10.3. The van der Waals surface area contributed by atoms with E-state index < -0.39 is 12.5 Å². The molecule has 2 N–H and O–H groups in total. The van der Waals surface area contributed by atoms with Gasteiger partial charge in [-0.3, -0.25) is 4.74 Å². The van der Waals surface area contributed by atoms with Crippen molar-refractivity contribution in [2.75, 3.05) is 5.73 Å². The number of hydrogen-bond donors (Lipinski definition) is 1. The number of nitrogens with two attached hydrogens (primary N) is 1. The Hall–Kier alpha value is -2.93. The third kappa shape index (κ3) is 4.71. The minimum Gasteiger partial charge on any atom is -0.382 e. The normalized spacial score (nSPS) is 19.0. The van der Waals surface area contributed by atoms with Gasteiger partial charge in [0.15, 0.2) is 0 Å². The summed E-state index contributed by atoms with van der Waals surface area (Å²) in [6.45, 7) is 4.02. The lowest BCUT2D eigenvalue weighted by molar-refractivity contribution is -0.341. The second-order valence-corrected chi connectivity index (χ2v) is 8.08. The Morgan fingerprint density at radius 2 is 1.74 bits per heavy atom. The van der Waals surface area contributed by atoms with Crippen molar-refractivity contribution in [2.45, 2.75) is 51.5 Å². The Bertz CT molecular complexity index is 1080. The van der Waals surface area contributed by atoms with E-state index in [-0.39, 0.29) is 5.92 Å². The summed E-state index contributed by atoms with van der Waals surface area (Å²) in [6.07, 6.45) is -2.34. The Morgan fingerprint density at radius 1 is 1.03 bits per heavy atom. The summed E-state index contributed by atoms with van der Waals surface area (Å²) in [5.74, 6) is 0.382. The first kappa shape index (κ1) is 21.3. The van der Waals surface area contributed by atoms with Crippen molar-refractivity contribution >= 4 is 5.82 Å². The minimum atomic E-state index is -4.59. The fourth-order valence-electron chi connectivity index (χ4n) is 4.40. The molecule has 1 unspecified atom stereocenters. The molecule has 1 aromatic heterocycles. The van der Waals surface area contributed by atoms with Gasteiger partial charge in [0.1, 0.15) is 11.5 Å². The monoisotopic (exact) mass is 427 g/mol. The summed E-state index contributed by atoms with van der Waals surface area (Å²) in [6, 6.07) is 13.8. The third-order valence-corrected chi connectivity index (χ3v) is 5.86. The predicted molar refractivity (Wildman–Crippen MR) is 114 cm³/mol. The Labute approximate surface area is 179 Å². The number of benzene rings is 2. The molecule has 0 saturated heterocycles. The predicted octanol–water partition coefficient (Wildman–Crippen LogP) is 6.18. The first-order chi connectivity index (χ1) is 14.7. The largest absolute Gasteiger partial charge is 0.522 e. The average molecular weight is 427 g/mol. The average Bonchev–Trinajstić information content (AvgIpc) is 3.16. The first-order valence-electron chi connectivity index (χ1n) is 10.3. The number of nitrogen functional groups attached to an aromatic ring is 1. The minimum absolute atomic E-state index is 0.0205. The summed E-state index contributed by atoms with van der Waals surface area (Å²) in [4.78, 5) is 9.17. The van der Waals surface area contributed by atoms with Crippen molar-refractivity contribution in [1.82, 2.24) is 9.97 Å². The number of nitrogens with zero attached hydrogens (tertiary/aromatic N) is 2. The molecule has 2 atom stereocenters. The molecule has 1 fully saturated rings. The van der Waals surface area contributed by atoms with Crippen molar-refractivity contribution < 1.29 is 17.9 Å². The summed E-state index contributed by atoms with van der Waals surface area (Å²) in [5, 5.41) is 0. The van der Waals surface area contributed by atoms with Gasteiger partial charge in [-0.15, -0.1) is 13.2 Å². The smallest absolute Gasteiger partial charge is 0.382 e. The van der Waals surface area contributed by atoms with Crippen LogP contribution in [0.1, 0.15) is 41.9 Å². The molecular weight excluding hydrogens is 403 g/mol. The molecule has 0 spiro atoms. The van der Waals surface area contributed by atoms with E-state index in [1.54, 1.807) is 6.20 Å². The van der Waals surface area contributed by atoms with Crippen LogP contribution in [0.4, 0.5) is 19.0 Å². The van der Waals surface area contributed by atoms with E-state index in [0.717, 1.165) is 27.8 Å². The second-order valence-electron chi connectivity index (χ2n) is 8.08. The van der Waals surface area contributed by atoms with E-state index in [9.17, 15) is 13.2 Å². The van der Waals surface area contributed by atoms with Crippen LogP contribution in [0.3, 0.4) is 0 Å². The van der Waals surface area contributed by atoms with Crippen molar-refractivity contribution in [2.24, 2.45) is 0 Å². The van der Waals surface area contributed by atoms with Gasteiger partial charge in [-0.2, -0.15) is 0 Å². The molecule has 0 amide bonds. The highest BCUT2D eigenvalue weighted by atomic mass is 19.4. The van der Waals surface area contributed by atoms with Crippen LogP contribution in [-0.4, -0.2) is 22.4 Å². The topological polar surface area (TPSA) is 61.0 Å². The fraction of sp³-hybridized carbons (Fsp3) is 0.333. The van der Waals surface area contributed by atoms with Crippen LogP contribution in [0.15, 0.2) is 48.7 Å². The molecular formula is C24H24F3N3O. The van der Waals surface area contributed by atoms with Gasteiger partial charge in [0, 0.05) is 11.1 Å². The number of ether oxygens (including phenoxy) is 1. The number of halogens is 3. The molecule has 162 valence electrons. The van der Waals surface area contributed by atoms with Crippen molar-refractivity contribution in [3.63, 3.8) is 0 Å². The second kappa shape index (κ2) is 8.30. The van der Waals surface area contributed by atoms with Gasteiger partial charge < -0.3 is 5.73 Å². The Balaban J connectivity index is 1.63. The maximum Gasteiger partial charge on any atom is 0.522 e. The highest BCUT2D eigenvalue weighted by Gasteiger charge is 2.37. The van der Waals surface area contributed by atoms with Crippen LogP contribution in [-0.2, 0) is 4.74 Å². The number of alkyl halides is 3. The lowest BCUT2D eigenvalue weighted by Crippen LogP contribution is -2.21. The van der Waals surface area contributed by atoms with Gasteiger partial charge in [0.05, 0.1) is 18.0 Å². The van der Waals surface area contributed by atoms with Crippen LogP contribution in [0.2, 0.25) is 0 Å². The molecule has 0 radical (unpaired) electrons. The summed E-state index contributed by atoms with van der Waals surface area (Å²) >= 11 is 0. The third-order valence-electron chi connectivity index (χ3n) is 5.86. The molecule has 4 nitrogen and oxygen atoms in total. The maximum absolute atomic E-state index is 12.5. The van der Waals surface area contributed by atoms with E-state index in [1.165, 1.54) is 0 Å². The molecule has 1 aliphatic rings. The maximum atomic E-state index is 12.5. The summed E-state index contributed by atoms with van der Waals surface area (Å²) in [5.41, 5.74) is 12.4. The van der Waals surface area contributed by atoms with E-state index in [0.29, 0.717) is 36.5 Å². The van der Waals surface area contributed by atoms with Gasteiger partial charge in [-0.05, 0) is 61.8 Å². The van der Waals surface area contributed by atoms with E-state index in [4.69, 9.17) is 10.7 Å². The zero-order chi connectivity index (χ0) is 22.2. The molecule has 31 heavy (non-hydrogen) atoms. The fourth-order valence-corrected chi connectivity index (χ4v) is 4.40. The molecule has 1 saturated carbocycles. The molecule has 0 aliphatic heterocycles. The van der Waals surface area contributed by atoms with Crippen molar-refractivity contribution in [1.29, 1.82) is 0 Å². The van der Waals surface area contributed by atoms with Gasteiger partial charge in [0.2, 0.25) is 0 Å². The molecule has 7 heteroatoms. The van der Waals surface area contributed by atoms with Gasteiger partial charge in [-0.1, -0.05) is 36.4 Å². The van der Waals surface area contributed by atoms with Crippen molar-refractivity contribution in [3.8, 4) is 22.5 Å². The van der Waals surface area contributed by atoms with E-state index >= 15 is 0 Å². The van der Waals surface area contributed by atoms with Gasteiger partial charge in [-0.25, -0.2) is 9.97 Å². The molecule has 0 bridgehead atoms. The number of aromatic nitrogens is 2. The number of aryl methyl sites for hydroxylation is 2. The molecule has 2 aromatic carbocycles. The molecule has 4 rings (SSSR count). The Morgan fingerprint density at radius 3 is 2.45 bits per heavy atom. The molecule has 1 aliphatic carbocycles. The SMILES string of the molecule is Cc1cccc(C)c1-c1nc(-c2cccc([C@@H]3CCC(OC(F)(F)F)C3)c2)cnc1N. The van der Waals surface area contributed by atoms with Crippen molar-refractivity contribution in [3.05, 3.63) is 65.4 Å². The molecule has 1 heterocycles. The van der Waals surface area contributed by atoms with Crippen LogP contribution >= 0.6 is 0 Å². The zero-order valence-corrected chi connectivity index (χ0v) is 17.4. The quantitative estimate of drug-likeness (QED) is 0.540. The number of anilines is 1. The molecule has 3 aromatic rings. The zero-order valence-electron chi connectivity index (χ0n) is 17.4. The van der Waals surface area contributed by atoms with Gasteiger partial charge >= 0.3 is 6.36 Å². The highest BCUT2D eigenvalue weighted by molar-refractivity contribution is 5.77. The lowest BCUT2D eigenvalue weighted by atomic mass is 9.95. The van der Waals surface area contributed by atoms with E-state index in [1.807, 2.05) is 56.3 Å². The summed E-state index contributed by atoms with van der Waals surface area (Å²) in [7, 11) is 0. The summed E-state index contributed by atoms with van der Waals surface area (Å²) < 4.78 is 41.9. The van der Waals surface area contributed by atoms with Crippen LogP contribution in [0.25, 0.3) is 22.5 Å². The standard InChI is InChI=1S/C24H24F3N3O/c1-14-5-3-6-15(2)21(14)22-23(28)29-13-20(30-22)18-8-4-7-16(11-18)17-9-10-19(12-17)31-24(25,26)27/h3-8,11,13,17,19H,9-10,12H2,1-2H3,(H2,28,29)/t17-,19?/m1/s1. The van der Waals surface area contributed by atoms with Crippen LogP contribution < -0.4 is 5.73 Å².